The zero-order chi connectivity index (χ0) is 20.5. The van der Waals surface area contributed by atoms with Gasteiger partial charge in [0.1, 0.15) is 5.52 Å². The first kappa shape index (κ1) is 21.3. The molecular weight excluding hydrogens is 364 g/mol. The van der Waals surface area contributed by atoms with Gasteiger partial charge in [0.05, 0.1) is 5.39 Å². The molecule has 28 heavy (non-hydrogen) atoms. The summed E-state index contributed by atoms with van der Waals surface area (Å²) in [6.07, 6.45) is 4.21. The lowest BCUT2D eigenvalue weighted by molar-refractivity contribution is -0.134. The molecule has 1 aromatic carbocycles. The predicted octanol–water partition coefficient (Wildman–Crippen LogP) is 2.84. The number of benzene rings is 1. The van der Waals surface area contributed by atoms with Crippen molar-refractivity contribution >= 4 is 28.6 Å². The summed E-state index contributed by atoms with van der Waals surface area (Å²) in [6, 6.07) is 7.56. The smallest absolute Gasteiger partial charge is 0.328 e. The van der Waals surface area contributed by atoms with Gasteiger partial charge in [-0.15, -0.1) is 0 Å². The fourth-order valence-electron chi connectivity index (χ4n) is 3.11. The minimum Gasteiger partial charge on any atom is -0.478 e. The largest absolute Gasteiger partial charge is 0.478 e. The second-order valence-corrected chi connectivity index (χ2v) is 6.78. The van der Waals surface area contributed by atoms with Crippen LogP contribution in [0.2, 0.25) is 0 Å². The molecule has 0 bridgehead atoms. The van der Waals surface area contributed by atoms with Crippen LogP contribution in [-0.4, -0.2) is 57.6 Å². The van der Waals surface area contributed by atoms with E-state index in [1.165, 1.54) is 25.9 Å². The molecule has 2 aromatic rings. The molecule has 0 saturated carbocycles. The molecule has 1 fully saturated rings. The van der Waals surface area contributed by atoms with Crippen molar-refractivity contribution in [2.24, 2.45) is 5.92 Å². The zero-order valence-corrected chi connectivity index (χ0v) is 15.7. The van der Waals surface area contributed by atoms with E-state index in [2.05, 4.69) is 17.0 Å². The van der Waals surface area contributed by atoms with E-state index in [0.717, 1.165) is 17.4 Å². The first-order chi connectivity index (χ1) is 13.4. The van der Waals surface area contributed by atoms with Crippen LogP contribution in [0.5, 0.6) is 0 Å². The van der Waals surface area contributed by atoms with Crippen molar-refractivity contribution in [3.63, 3.8) is 0 Å². The molecule has 1 aliphatic rings. The number of nitrogens with zero attached hydrogens (tertiary/aromatic N) is 2. The summed E-state index contributed by atoms with van der Waals surface area (Å²) in [5, 5.41) is 20.4. The lowest BCUT2D eigenvalue weighted by atomic mass is 10.0. The monoisotopic (exact) mass is 388 g/mol. The van der Waals surface area contributed by atoms with E-state index in [1.54, 1.807) is 0 Å². The molecule has 0 radical (unpaired) electrons. The molecule has 8 heteroatoms. The molecule has 1 aliphatic heterocycles. The standard InChI is InChI=1S/C16H20N2O2.C4H4O4/c1-12(11-18-8-4-5-9-18)10-15(19)16-13-6-2-3-7-14(13)17-20-16;5-3(6)1-2-4(7)8/h2-3,6-7,12H,4-5,8-11H2,1H3;1-2H,(H,5,6)(H,7,8). The maximum Gasteiger partial charge on any atom is 0.328 e. The molecule has 3 rings (SSSR count). The number of rotatable bonds is 7. The highest BCUT2D eigenvalue weighted by Gasteiger charge is 2.21. The van der Waals surface area contributed by atoms with Crippen LogP contribution in [0.15, 0.2) is 40.9 Å². The lowest BCUT2D eigenvalue weighted by Gasteiger charge is -2.19. The second-order valence-electron chi connectivity index (χ2n) is 6.78. The molecule has 0 amide bonds. The number of likely N-dealkylation sites (tertiary alicyclic amines) is 1. The molecule has 1 atom stereocenters. The van der Waals surface area contributed by atoms with Crippen LogP contribution in [0.4, 0.5) is 0 Å². The van der Waals surface area contributed by atoms with Gasteiger partial charge in [-0.1, -0.05) is 24.2 Å². The number of hydrogen-bond donors (Lipinski definition) is 2. The van der Waals surface area contributed by atoms with Crippen molar-refractivity contribution in [3.8, 4) is 0 Å². The quantitative estimate of drug-likeness (QED) is 0.549. The SMILES string of the molecule is CC(CC(=O)c1onc2ccccc12)CN1CCCC1.O=C(O)C=CC(=O)O. The summed E-state index contributed by atoms with van der Waals surface area (Å²) in [7, 11) is 0. The Hall–Kier alpha value is -3.00. The van der Waals surface area contributed by atoms with Crippen LogP contribution in [0.3, 0.4) is 0 Å². The van der Waals surface area contributed by atoms with Crippen molar-refractivity contribution in [1.29, 1.82) is 0 Å². The maximum atomic E-state index is 12.4. The van der Waals surface area contributed by atoms with Gasteiger partial charge in [-0.25, -0.2) is 9.59 Å². The fraction of sp³-hybridized carbons (Fsp3) is 0.400. The predicted molar refractivity (Wildman–Crippen MR) is 102 cm³/mol. The number of carbonyl (C=O) groups is 3. The minimum absolute atomic E-state index is 0.0606. The molecular formula is C20H24N2O6. The number of hydrogen-bond acceptors (Lipinski definition) is 6. The molecule has 1 unspecified atom stereocenters. The molecule has 2 heterocycles. The summed E-state index contributed by atoms with van der Waals surface area (Å²) in [6.45, 7) is 5.47. The van der Waals surface area contributed by atoms with E-state index in [1.807, 2.05) is 24.3 Å². The van der Waals surface area contributed by atoms with E-state index in [9.17, 15) is 14.4 Å². The van der Waals surface area contributed by atoms with Gasteiger partial charge in [0, 0.05) is 25.1 Å². The van der Waals surface area contributed by atoms with Crippen molar-refractivity contribution < 1.29 is 29.1 Å². The molecule has 8 nitrogen and oxygen atoms in total. The highest BCUT2D eigenvalue weighted by Crippen LogP contribution is 2.21. The van der Waals surface area contributed by atoms with Gasteiger partial charge in [0.25, 0.3) is 0 Å². The Bertz CT molecular complexity index is 835. The number of aliphatic carboxylic acids is 2. The minimum atomic E-state index is -1.26. The van der Waals surface area contributed by atoms with Crippen LogP contribution in [0.25, 0.3) is 10.9 Å². The van der Waals surface area contributed by atoms with Crippen molar-refractivity contribution in [2.45, 2.75) is 26.2 Å². The third kappa shape index (κ3) is 6.62. The Morgan fingerprint density at radius 2 is 1.75 bits per heavy atom. The Morgan fingerprint density at radius 1 is 1.14 bits per heavy atom. The number of carboxylic acids is 2. The van der Waals surface area contributed by atoms with Gasteiger partial charge in [-0.05, 0) is 44.0 Å². The van der Waals surface area contributed by atoms with Crippen LogP contribution in [-0.2, 0) is 9.59 Å². The van der Waals surface area contributed by atoms with Gasteiger partial charge in [-0.3, -0.25) is 4.79 Å². The molecule has 1 saturated heterocycles. The average molecular weight is 388 g/mol. The summed E-state index contributed by atoms with van der Waals surface area (Å²) in [5.74, 6) is -1.69. The number of carbonyl (C=O) groups excluding carboxylic acids is 1. The molecule has 150 valence electrons. The zero-order valence-electron chi connectivity index (χ0n) is 15.7. The Morgan fingerprint density at radius 3 is 2.36 bits per heavy atom. The van der Waals surface area contributed by atoms with E-state index >= 15 is 0 Å². The van der Waals surface area contributed by atoms with Gasteiger partial charge < -0.3 is 19.6 Å². The molecule has 2 N–H and O–H groups in total. The third-order valence-corrected chi connectivity index (χ3v) is 4.31. The summed E-state index contributed by atoms with van der Waals surface area (Å²) < 4.78 is 5.23. The number of carboxylic acid groups (broad SMARTS) is 2. The summed E-state index contributed by atoms with van der Waals surface area (Å²) in [4.78, 5) is 33.9. The number of aromatic nitrogens is 1. The highest BCUT2D eigenvalue weighted by atomic mass is 16.5. The topological polar surface area (TPSA) is 121 Å². The number of fused-ring (bicyclic) bond motifs is 1. The fourth-order valence-corrected chi connectivity index (χ4v) is 3.11. The first-order valence-corrected chi connectivity index (χ1v) is 9.10. The van der Waals surface area contributed by atoms with Crippen molar-refractivity contribution in [1.82, 2.24) is 10.1 Å². The third-order valence-electron chi connectivity index (χ3n) is 4.31. The van der Waals surface area contributed by atoms with Crippen LogP contribution < -0.4 is 0 Å². The Balaban J connectivity index is 0.000000300. The molecule has 0 aliphatic carbocycles. The van der Waals surface area contributed by atoms with Crippen LogP contribution in [0, 0.1) is 5.92 Å². The lowest BCUT2D eigenvalue weighted by Crippen LogP contribution is -2.26. The van der Waals surface area contributed by atoms with E-state index in [4.69, 9.17) is 14.7 Å². The number of Topliss-reactive ketones (excluding diaryl/α,β-unsaturated/α-hetero) is 1. The molecule has 0 spiro atoms. The second kappa shape index (κ2) is 10.4. The normalized spacial score (nSPS) is 15.3. The maximum absolute atomic E-state index is 12.4. The Kier molecular flexibility index (Phi) is 7.88. The van der Waals surface area contributed by atoms with Gasteiger partial charge >= 0.3 is 11.9 Å². The van der Waals surface area contributed by atoms with E-state index < -0.39 is 11.9 Å². The van der Waals surface area contributed by atoms with Crippen molar-refractivity contribution in [3.05, 3.63) is 42.2 Å². The van der Waals surface area contributed by atoms with Gasteiger partial charge in [0.15, 0.2) is 0 Å². The highest BCUT2D eigenvalue weighted by molar-refractivity contribution is 6.04. The first-order valence-electron chi connectivity index (χ1n) is 9.10. The van der Waals surface area contributed by atoms with Crippen LogP contribution in [0.1, 0.15) is 36.7 Å². The van der Waals surface area contributed by atoms with Gasteiger partial charge in [-0.2, -0.15) is 0 Å². The van der Waals surface area contributed by atoms with Crippen molar-refractivity contribution in [2.75, 3.05) is 19.6 Å². The number of ketones is 1. The summed E-state index contributed by atoms with van der Waals surface area (Å²) >= 11 is 0. The average Bonchev–Trinajstić information content (AvgIpc) is 3.29. The van der Waals surface area contributed by atoms with E-state index in [0.29, 0.717) is 30.3 Å². The Labute approximate surface area is 162 Å². The van der Waals surface area contributed by atoms with E-state index in [-0.39, 0.29) is 5.78 Å². The summed E-state index contributed by atoms with van der Waals surface area (Å²) in [5.41, 5.74) is 0.753. The van der Waals surface area contributed by atoms with Crippen LogP contribution >= 0.6 is 0 Å². The van der Waals surface area contributed by atoms with Gasteiger partial charge in [0.2, 0.25) is 11.5 Å². The molecule has 1 aromatic heterocycles.